The van der Waals surface area contributed by atoms with Gasteiger partial charge >= 0.3 is 233 Å². The van der Waals surface area contributed by atoms with Crippen molar-refractivity contribution >= 4 is 41.2 Å². The van der Waals surface area contributed by atoms with Crippen LogP contribution in [-0.2, 0) is 42.7 Å². The number of hydrogen-bond donors (Lipinski definition) is 4. The van der Waals surface area contributed by atoms with E-state index in [-0.39, 0.29) is 43.7 Å². The van der Waals surface area contributed by atoms with Gasteiger partial charge in [0.15, 0.2) is 6.29 Å². The van der Waals surface area contributed by atoms with E-state index in [0.717, 1.165) is 31.8 Å². The van der Waals surface area contributed by atoms with E-state index in [1.165, 1.54) is 29.9 Å². The van der Waals surface area contributed by atoms with Gasteiger partial charge in [0.25, 0.3) is 0 Å². The molecule has 17 heteroatoms. The first kappa shape index (κ1) is 68.1. The molecule has 0 aromatic heterocycles. The summed E-state index contributed by atoms with van der Waals surface area (Å²) in [4.78, 5) is 46.0. The van der Waals surface area contributed by atoms with E-state index >= 15 is 4.79 Å². The summed E-state index contributed by atoms with van der Waals surface area (Å²) in [5.74, 6) is -3.59. The molecule has 0 bridgehead atoms. The number of rotatable bonds is 19. The number of alkyl carbamates (subject to hydrolysis) is 1. The van der Waals surface area contributed by atoms with Gasteiger partial charge in [0, 0.05) is 27.0 Å². The SMILES string of the molecule is CC[C@H]1OC(=O)[C@H](C)[C@@H](O[C@H]2C[C@@](C)(OC)[C@@H](O)[C@H](C)O2)[C@H](C)[C@@H](C[C@@H]2O[C@H](C)C[C@H](N(C)C)[C@H]2OC(C)=O)[C@](C)(O)C[C@@H](C)CN(C)[C@H](C)[C@@H](OC(=O)NCCCCCC[PH](c2ccccc2)(c2ccccc2)c2ccccc2)[C@]1(C)O. The summed E-state index contributed by atoms with van der Waals surface area (Å²) < 4.78 is 44.8. The Labute approximate surface area is 497 Å². The first-order chi connectivity index (χ1) is 39.2. The topological polar surface area (TPSA) is 195 Å². The second-order valence-electron chi connectivity index (χ2n) is 25.7. The van der Waals surface area contributed by atoms with Gasteiger partial charge in [0.2, 0.25) is 0 Å². The van der Waals surface area contributed by atoms with Crippen molar-refractivity contribution < 1.29 is 62.9 Å². The molecule has 16 nitrogen and oxygen atoms in total. The average molecular weight is 1180 g/mol. The number of unbranched alkanes of at least 4 members (excludes halogenated alkanes) is 3. The first-order valence-electron chi connectivity index (χ1n) is 30.7. The third kappa shape index (κ3) is 16.7. The Bertz CT molecular complexity index is 2380. The van der Waals surface area contributed by atoms with Crippen molar-refractivity contribution in [2.75, 3.05) is 47.5 Å². The van der Waals surface area contributed by atoms with Gasteiger partial charge in [-0.25, -0.2) is 0 Å². The zero-order chi connectivity index (χ0) is 61.0. The maximum atomic E-state index is 15.0. The van der Waals surface area contributed by atoms with E-state index in [9.17, 15) is 24.9 Å². The van der Waals surface area contributed by atoms with Crippen LogP contribution in [0, 0.1) is 23.7 Å². The summed E-state index contributed by atoms with van der Waals surface area (Å²) in [5, 5.41) is 44.4. The van der Waals surface area contributed by atoms with Crippen LogP contribution < -0.4 is 21.2 Å². The molecule has 0 aliphatic carbocycles. The summed E-state index contributed by atoms with van der Waals surface area (Å²) in [7, 11) is 4.96. The second-order valence-corrected chi connectivity index (χ2v) is 29.7. The number of cyclic esters (lactones) is 1. The Morgan fingerprint density at radius 3 is 1.90 bits per heavy atom. The fourth-order valence-electron chi connectivity index (χ4n) is 14.2. The van der Waals surface area contributed by atoms with Crippen molar-refractivity contribution in [2.45, 2.75) is 218 Å². The van der Waals surface area contributed by atoms with Crippen LogP contribution in [0.25, 0.3) is 0 Å². The number of nitrogens with one attached hydrogen (secondary N) is 1. The molecule has 3 saturated heterocycles. The molecule has 0 unspecified atom stereocenters. The number of esters is 2. The van der Waals surface area contributed by atoms with Crippen LogP contribution in [0.2, 0.25) is 0 Å². The summed E-state index contributed by atoms with van der Waals surface area (Å²) in [5.41, 5.74) is -4.41. The van der Waals surface area contributed by atoms with Crippen LogP contribution in [0.5, 0.6) is 0 Å². The zero-order valence-electron chi connectivity index (χ0n) is 52.6. The number of carbonyl (C=O) groups excluding carboxylic acids is 3. The molecule has 0 saturated carbocycles. The van der Waals surface area contributed by atoms with E-state index in [4.69, 9.17) is 33.2 Å². The van der Waals surface area contributed by atoms with Gasteiger partial charge in [0.1, 0.15) is 12.2 Å². The van der Waals surface area contributed by atoms with E-state index in [1.807, 2.05) is 65.6 Å². The van der Waals surface area contributed by atoms with Crippen LogP contribution >= 0.6 is 7.26 Å². The first-order valence-corrected chi connectivity index (χ1v) is 32.9. The predicted octanol–water partition coefficient (Wildman–Crippen LogP) is 8.16. The monoisotopic (exact) mass is 1180 g/mol. The van der Waals surface area contributed by atoms with Crippen LogP contribution in [-0.4, -0.2) is 175 Å². The summed E-state index contributed by atoms with van der Waals surface area (Å²) in [6, 6.07) is 32.0. The zero-order valence-corrected chi connectivity index (χ0v) is 53.6. The van der Waals surface area contributed by atoms with Crippen molar-refractivity contribution in [3.05, 3.63) is 91.0 Å². The number of carbonyl (C=O) groups is 3. The fraction of sp³-hybridized carbons (Fsp3) is 0.682. The molecule has 1 amide bonds. The van der Waals surface area contributed by atoms with Crippen molar-refractivity contribution in [3.8, 4) is 0 Å². The number of amides is 1. The second kappa shape index (κ2) is 30.0. The molecule has 3 aromatic carbocycles. The quantitative estimate of drug-likeness (QED) is 0.0388. The van der Waals surface area contributed by atoms with Gasteiger partial charge in [-0.15, -0.1) is 0 Å². The molecule has 4 N–H and O–H groups in total. The van der Waals surface area contributed by atoms with E-state index in [1.54, 1.807) is 27.7 Å². The van der Waals surface area contributed by atoms with Gasteiger partial charge < -0.3 is 43.5 Å². The number of benzene rings is 3. The molecule has 3 aliphatic rings. The number of nitrogens with zero attached hydrogens (tertiary/aromatic N) is 2. The fourth-order valence-corrected chi connectivity index (χ4v) is 19.1. The van der Waals surface area contributed by atoms with E-state index in [0.29, 0.717) is 19.5 Å². The molecule has 0 radical (unpaired) electrons. The van der Waals surface area contributed by atoms with Gasteiger partial charge in [-0.3, -0.25) is 9.59 Å². The van der Waals surface area contributed by atoms with Crippen molar-refractivity contribution in [1.29, 1.82) is 0 Å². The number of aliphatic hydroxyl groups excluding tert-OH is 1. The molecule has 3 heterocycles. The van der Waals surface area contributed by atoms with Gasteiger partial charge in [-0.1, -0.05) is 20.8 Å². The molecular formula is C66H104N3O13P. The van der Waals surface area contributed by atoms with Gasteiger partial charge in [-0.05, 0) is 99.2 Å². The third-order valence-electron chi connectivity index (χ3n) is 18.9. The standard InChI is InChI=1S/C66H104N3O13P/c1-16-56-66(11,75)61(82-63(73)67-36-28-17-18-29-37-83(50-30-22-19-23-31-50,51-32-24-20-25-33-51)52-34-26-21-27-35-52)47(6)69(14)42-43(2)40-64(9,74)53(39-55-59(79-49(8)70)54(68(12)13)38-44(3)77-55)45(4)58(46(5)62(72)80-56)81-57-41-65(10,76-15)60(71)48(7)78-57/h19-27,30-35,43-48,53-61,71,74-75,83H,16-18,28-29,36-42H2,1-15H3,(H,67,73)/t43-,44-,45-,46-,47-,48+,53-,54+,55+,56-,57+,58+,59-,60+,61-,64-,65-,66-/m1/s1. The summed E-state index contributed by atoms with van der Waals surface area (Å²) >= 11 is 0. The molecule has 3 aliphatic heterocycles. The van der Waals surface area contributed by atoms with Gasteiger partial charge in [0.05, 0.1) is 47.6 Å². The Morgan fingerprint density at radius 1 is 0.807 bits per heavy atom. The van der Waals surface area contributed by atoms with Crippen LogP contribution in [0.4, 0.5) is 4.79 Å². The van der Waals surface area contributed by atoms with Gasteiger partial charge in [-0.2, -0.15) is 0 Å². The molecule has 466 valence electrons. The third-order valence-corrected chi connectivity index (χ3v) is 24.0. The number of hydrogen-bond acceptors (Lipinski definition) is 15. The maximum absolute atomic E-state index is 15.0. The molecular weight excluding hydrogens is 1070 g/mol. The summed E-state index contributed by atoms with van der Waals surface area (Å²) in [6.45, 7) is 20.5. The number of ether oxygens (including phenoxy) is 7. The number of methoxy groups -OCH3 is 1. The Kier molecular flexibility index (Phi) is 24.6. The minimum atomic E-state index is -2.37. The molecule has 3 fully saturated rings. The molecule has 6 rings (SSSR count). The average Bonchev–Trinajstić information content (AvgIpc) is 2.94. The van der Waals surface area contributed by atoms with Crippen LogP contribution in [0.1, 0.15) is 134 Å². The number of aliphatic hydroxyl groups is 3. The predicted molar refractivity (Wildman–Crippen MR) is 329 cm³/mol. The Hall–Kier alpha value is -4.06. The van der Waals surface area contributed by atoms with Crippen LogP contribution in [0.15, 0.2) is 91.0 Å². The Balaban J connectivity index is 1.25. The van der Waals surface area contributed by atoms with Crippen LogP contribution in [0.3, 0.4) is 0 Å². The normalized spacial score (nSPS) is 35.6. The molecule has 18 atom stereocenters. The summed E-state index contributed by atoms with van der Waals surface area (Å²) in [6.07, 6.45) is -2.13. The van der Waals surface area contributed by atoms with Crippen molar-refractivity contribution in [2.24, 2.45) is 23.7 Å². The number of likely N-dealkylation sites (N-methyl/N-ethyl adjacent to an activating group) is 2. The van der Waals surface area contributed by atoms with E-state index < -0.39 is 115 Å². The Morgan fingerprint density at radius 2 is 1.37 bits per heavy atom. The van der Waals surface area contributed by atoms with Crippen molar-refractivity contribution in [3.63, 3.8) is 0 Å². The molecule has 83 heavy (non-hydrogen) atoms. The van der Waals surface area contributed by atoms with Crippen molar-refractivity contribution in [1.82, 2.24) is 15.1 Å². The molecule has 3 aromatic rings. The minimum absolute atomic E-state index is 0.123. The molecule has 0 spiro atoms. The van der Waals surface area contributed by atoms with E-state index in [2.05, 4.69) is 103 Å².